The Morgan fingerprint density at radius 1 is 1.25 bits per heavy atom. The van der Waals surface area contributed by atoms with Crippen molar-refractivity contribution in [3.05, 3.63) is 45.4 Å². The molecule has 20 heavy (non-hydrogen) atoms. The third-order valence-corrected chi connectivity index (χ3v) is 5.51. The average molecular weight is 287 g/mol. The number of nitrogens with zero attached hydrogens (tertiary/aromatic N) is 1. The van der Waals surface area contributed by atoms with E-state index in [4.69, 9.17) is 9.72 Å². The summed E-state index contributed by atoms with van der Waals surface area (Å²) in [5.74, 6) is 1.31. The molecule has 0 radical (unpaired) electrons. The quantitative estimate of drug-likeness (QED) is 0.874. The van der Waals surface area contributed by atoms with Crippen LogP contribution in [0.25, 0.3) is 0 Å². The number of thiazole rings is 1. The highest BCUT2D eigenvalue weighted by molar-refractivity contribution is 7.12. The summed E-state index contributed by atoms with van der Waals surface area (Å²) in [5, 5.41) is 11.3. The summed E-state index contributed by atoms with van der Waals surface area (Å²) in [6.07, 6.45) is 3.59. The Balaban J connectivity index is 1.76. The number of aryl methyl sites for hydroxylation is 1. The molecule has 4 rings (SSSR count). The molecule has 1 N–H and O–H groups in total. The van der Waals surface area contributed by atoms with E-state index in [2.05, 4.69) is 12.1 Å². The van der Waals surface area contributed by atoms with Gasteiger partial charge in [-0.25, -0.2) is 4.98 Å². The molecule has 2 heterocycles. The van der Waals surface area contributed by atoms with Gasteiger partial charge in [-0.2, -0.15) is 0 Å². The largest absolute Gasteiger partial charge is 0.493 e. The van der Waals surface area contributed by atoms with Crippen LogP contribution in [0.4, 0.5) is 0 Å². The first-order chi connectivity index (χ1) is 9.83. The first-order valence-electron chi connectivity index (χ1n) is 7.22. The topological polar surface area (TPSA) is 42.4 Å². The second-order valence-electron chi connectivity index (χ2n) is 5.50. The number of ether oxygens (including phenoxy) is 1. The zero-order chi connectivity index (χ0) is 13.5. The summed E-state index contributed by atoms with van der Waals surface area (Å²) in [6.45, 7) is 0.745. The molecule has 0 saturated heterocycles. The molecule has 2 unspecified atom stereocenters. The van der Waals surface area contributed by atoms with Gasteiger partial charge >= 0.3 is 0 Å². The van der Waals surface area contributed by atoms with Crippen LogP contribution in [-0.2, 0) is 6.42 Å². The number of aliphatic hydroxyl groups is 1. The first kappa shape index (κ1) is 12.4. The van der Waals surface area contributed by atoms with E-state index in [1.807, 2.05) is 12.1 Å². The minimum absolute atomic E-state index is 0.305. The Bertz CT molecular complexity index is 637. The minimum Gasteiger partial charge on any atom is -0.493 e. The summed E-state index contributed by atoms with van der Waals surface area (Å²) in [4.78, 5) is 5.92. The lowest BCUT2D eigenvalue weighted by molar-refractivity contribution is 0.160. The third-order valence-electron chi connectivity index (χ3n) is 4.19. The van der Waals surface area contributed by atoms with Gasteiger partial charge in [-0.05, 0) is 31.7 Å². The van der Waals surface area contributed by atoms with Crippen LogP contribution >= 0.6 is 11.3 Å². The molecular weight excluding hydrogens is 270 g/mol. The fourth-order valence-corrected chi connectivity index (χ4v) is 4.45. The standard InChI is InChI=1S/C16H17NO2S/c18-13-6-3-5-12-15(13)20-16(17-12)11-8-9-19-14-7-2-1-4-10(11)14/h1-2,4,7,11,13,18H,3,5-6,8-9H2. The Morgan fingerprint density at radius 2 is 2.15 bits per heavy atom. The molecule has 2 aliphatic rings. The van der Waals surface area contributed by atoms with E-state index in [1.165, 1.54) is 5.56 Å². The monoisotopic (exact) mass is 287 g/mol. The number of para-hydroxylation sites is 1. The van der Waals surface area contributed by atoms with Gasteiger partial charge in [-0.15, -0.1) is 11.3 Å². The van der Waals surface area contributed by atoms with Crippen LogP contribution in [0.1, 0.15) is 52.4 Å². The predicted octanol–water partition coefficient (Wildman–Crippen LogP) is 3.43. The second kappa shape index (κ2) is 4.86. The Hall–Kier alpha value is -1.39. The van der Waals surface area contributed by atoms with E-state index in [9.17, 15) is 5.11 Å². The number of aromatic nitrogens is 1. The van der Waals surface area contributed by atoms with Crippen LogP contribution in [0, 0.1) is 0 Å². The van der Waals surface area contributed by atoms with E-state index in [0.717, 1.165) is 53.6 Å². The van der Waals surface area contributed by atoms with Crippen LogP contribution in [0.15, 0.2) is 24.3 Å². The van der Waals surface area contributed by atoms with Crippen LogP contribution in [0.3, 0.4) is 0 Å². The summed E-state index contributed by atoms with van der Waals surface area (Å²) < 4.78 is 5.73. The zero-order valence-corrected chi connectivity index (χ0v) is 12.0. The Morgan fingerprint density at radius 3 is 3.05 bits per heavy atom. The molecule has 0 amide bonds. The molecule has 0 fully saturated rings. The van der Waals surface area contributed by atoms with Gasteiger partial charge in [0, 0.05) is 11.5 Å². The highest BCUT2D eigenvalue weighted by Gasteiger charge is 2.29. The van der Waals surface area contributed by atoms with Crippen molar-refractivity contribution in [1.29, 1.82) is 0 Å². The number of rotatable bonds is 1. The van der Waals surface area contributed by atoms with Gasteiger partial charge in [0.25, 0.3) is 0 Å². The number of hydrogen-bond donors (Lipinski definition) is 1. The second-order valence-corrected chi connectivity index (χ2v) is 6.56. The molecule has 2 atom stereocenters. The highest BCUT2D eigenvalue weighted by Crippen LogP contribution is 2.43. The average Bonchev–Trinajstić information content (AvgIpc) is 2.92. The molecule has 3 nitrogen and oxygen atoms in total. The number of benzene rings is 1. The van der Waals surface area contributed by atoms with Gasteiger partial charge in [0.1, 0.15) is 10.8 Å². The van der Waals surface area contributed by atoms with Crippen LogP contribution < -0.4 is 4.74 Å². The molecule has 4 heteroatoms. The van der Waals surface area contributed by atoms with Crippen molar-refractivity contribution in [3.8, 4) is 5.75 Å². The molecule has 0 spiro atoms. The van der Waals surface area contributed by atoms with E-state index in [0.29, 0.717) is 5.92 Å². The van der Waals surface area contributed by atoms with E-state index in [-0.39, 0.29) is 6.10 Å². The van der Waals surface area contributed by atoms with Gasteiger partial charge in [0.05, 0.1) is 23.3 Å². The number of aliphatic hydroxyl groups excluding tert-OH is 1. The summed E-state index contributed by atoms with van der Waals surface area (Å²) >= 11 is 1.70. The molecule has 1 aliphatic heterocycles. The first-order valence-corrected chi connectivity index (χ1v) is 8.04. The maximum absolute atomic E-state index is 10.1. The maximum atomic E-state index is 10.1. The summed E-state index contributed by atoms with van der Waals surface area (Å²) in [7, 11) is 0. The lowest BCUT2D eigenvalue weighted by atomic mass is 9.93. The van der Waals surface area contributed by atoms with Gasteiger partial charge in [-0.3, -0.25) is 0 Å². The summed E-state index contributed by atoms with van der Waals surface area (Å²) in [5.41, 5.74) is 2.35. The molecule has 1 aromatic heterocycles. The van der Waals surface area contributed by atoms with Crippen LogP contribution in [0.5, 0.6) is 5.75 Å². The fraction of sp³-hybridized carbons (Fsp3) is 0.438. The van der Waals surface area contributed by atoms with Gasteiger partial charge in [0.2, 0.25) is 0 Å². The molecule has 1 aromatic carbocycles. The maximum Gasteiger partial charge on any atom is 0.123 e. The van der Waals surface area contributed by atoms with Crippen molar-refractivity contribution >= 4 is 11.3 Å². The van der Waals surface area contributed by atoms with Crippen LogP contribution in [-0.4, -0.2) is 16.7 Å². The van der Waals surface area contributed by atoms with Crippen molar-refractivity contribution in [1.82, 2.24) is 4.98 Å². The van der Waals surface area contributed by atoms with Gasteiger partial charge in [-0.1, -0.05) is 18.2 Å². The highest BCUT2D eigenvalue weighted by atomic mass is 32.1. The summed E-state index contributed by atoms with van der Waals surface area (Å²) in [6, 6.07) is 8.24. The van der Waals surface area contributed by atoms with Crippen LogP contribution in [0.2, 0.25) is 0 Å². The molecule has 104 valence electrons. The molecular formula is C16H17NO2S. The number of hydrogen-bond acceptors (Lipinski definition) is 4. The van der Waals surface area contributed by atoms with Crippen molar-refractivity contribution in [2.45, 2.75) is 37.7 Å². The van der Waals surface area contributed by atoms with Crippen molar-refractivity contribution in [2.75, 3.05) is 6.61 Å². The Labute approximate surface area is 122 Å². The fourth-order valence-electron chi connectivity index (χ4n) is 3.16. The SMILES string of the molecule is OC1CCCc2nc(C3CCOc4ccccc43)sc21. The van der Waals surface area contributed by atoms with Crippen molar-refractivity contribution < 1.29 is 9.84 Å². The van der Waals surface area contributed by atoms with E-state index < -0.39 is 0 Å². The third kappa shape index (κ3) is 1.95. The molecule has 2 aromatic rings. The zero-order valence-electron chi connectivity index (χ0n) is 11.2. The lowest BCUT2D eigenvalue weighted by Gasteiger charge is -2.24. The normalized spacial score (nSPS) is 24.6. The van der Waals surface area contributed by atoms with E-state index >= 15 is 0 Å². The van der Waals surface area contributed by atoms with Gasteiger partial charge < -0.3 is 9.84 Å². The predicted molar refractivity (Wildman–Crippen MR) is 78.4 cm³/mol. The van der Waals surface area contributed by atoms with Gasteiger partial charge in [0.15, 0.2) is 0 Å². The molecule has 0 bridgehead atoms. The van der Waals surface area contributed by atoms with E-state index in [1.54, 1.807) is 11.3 Å². The minimum atomic E-state index is -0.305. The molecule has 1 aliphatic carbocycles. The van der Waals surface area contributed by atoms with Crippen molar-refractivity contribution in [2.24, 2.45) is 0 Å². The number of fused-ring (bicyclic) bond motifs is 2. The van der Waals surface area contributed by atoms with Crippen molar-refractivity contribution in [3.63, 3.8) is 0 Å². The smallest absolute Gasteiger partial charge is 0.123 e. The molecule has 0 saturated carbocycles. The Kier molecular flexibility index (Phi) is 3.00. The lowest BCUT2D eigenvalue weighted by Crippen LogP contribution is -2.15.